The van der Waals surface area contributed by atoms with Gasteiger partial charge in [-0.3, -0.25) is 10.1 Å². The van der Waals surface area contributed by atoms with Crippen molar-refractivity contribution < 1.29 is 19.0 Å². The third kappa shape index (κ3) is 3.18. The van der Waals surface area contributed by atoms with Gasteiger partial charge in [0.05, 0.1) is 7.11 Å². The van der Waals surface area contributed by atoms with E-state index in [0.717, 1.165) is 23.2 Å². The number of rotatable bonds is 4. The molecule has 6 nitrogen and oxygen atoms in total. The van der Waals surface area contributed by atoms with Crippen LogP contribution in [0.4, 0.5) is 9.52 Å². The van der Waals surface area contributed by atoms with E-state index in [4.69, 9.17) is 4.74 Å². The van der Waals surface area contributed by atoms with Crippen molar-refractivity contribution in [3.05, 3.63) is 53.8 Å². The summed E-state index contributed by atoms with van der Waals surface area (Å²) in [6.07, 6.45) is 0. The second-order valence-corrected chi connectivity index (χ2v) is 5.50. The van der Waals surface area contributed by atoms with Crippen LogP contribution in [0.2, 0.25) is 0 Å². The lowest BCUT2D eigenvalue weighted by atomic mass is 10.2. The summed E-state index contributed by atoms with van der Waals surface area (Å²) in [6.45, 7) is 0. The van der Waals surface area contributed by atoms with Gasteiger partial charge >= 0.3 is 0 Å². The zero-order valence-corrected chi connectivity index (χ0v) is 13.3. The number of hydrogen-bond donors (Lipinski definition) is 2. The number of ether oxygens (including phenoxy) is 1. The summed E-state index contributed by atoms with van der Waals surface area (Å²) < 4.78 is 22.6. The number of aromatic hydroxyl groups is 1. The molecule has 1 amide bonds. The number of nitrogens with zero attached hydrogens (tertiary/aromatic N) is 2. The van der Waals surface area contributed by atoms with Gasteiger partial charge in [0.15, 0.2) is 23.1 Å². The Bertz CT molecular complexity index is 884. The quantitative estimate of drug-likeness (QED) is 0.758. The van der Waals surface area contributed by atoms with E-state index in [2.05, 4.69) is 14.7 Å². The average molecular weight is 345 g/mol. The minimum atomic E-state index is -0.943. The fourth-order valence-electron chi connectivity index (χ4n) is 2.01. The van der Waals surface area contributed by atoms with E-state index in [1.165, 1.54) is 13.2 Å². The Morgan fingerprint density at radius 1 is 1.29 bits per heavy atom. The largest absolute Gasteiger partial charge is 0.502 e. The molecule has 0 unspecified atom stereocenters. The lowest BCUT2D eigenvalue weighted by molar-refractivity contribution is 0.102. The Labute approximate surface area is 140 Å². The number of benzene rings is 2. The smallest absolute Gasteiger partial charge is 0.257 e. The Hall–Kier alpha value is -3.00. The van der Waals surface area contributed by atoms with Crippen LogP contribution in [0.1, 0.15) is 10.4 Å². The highest BCUT2D eigenvalue weighted by atomic mass is 32.1. The Balaban J connectivity index is 1.81. The molecule has 3 aromatic rings. The summed E-state index contributed by atoms with van der Waals surface area (Å²) in [5.74, 6) is -1.80. The molecule has 0 saturated carbocycles. The van der Waals surface area contributed by atoms with Crippen molar-refractivity contribution in [3.63, 3.8) is 0 Å². The molecule has 0 saturated heterocycles. The molecule has 0 spiro atoms. The van der Waals surface area contributed by atoms with Crippen LogP contribution in [0.25, 0.3) is 11.4 Å². The second-order valence-electron chi connectivity index (χ2n) is 4.75. The molecule has 0 bridgehead atoms. The SMILES string of the molecule is COc1cc(C(=O)Nc2nc(-c3ccccc3)ns2)cc(F)c1O. The van der Waals surface area contributed by atoms with Crippen LogP contribution in [0.3, 0.4) is 0 Å². The topological polar surface area (TPSA) is 84.3 Å². The van der Waals surface area contributed by atoms with Gasteiger partial charge in [-0.05, 0) is 12.1 Å². The van der Waals surface area contributed by atoms with Crippen molar-refractivity contribution in [2.45, 2.75) is 0 Å². The van der Waals surface area contributed by atoms with E-state index in [9.17, 15) is 14.3 Å². The van der Waals surface area contributed by atoms with E-state index in [0.29, 0.717) is 5.82 Å². The van der Waals surface area contributed by atoms with Gasteiger partial charge < -0.3 is 9.84 Å². The highest BCUT2D eigenvalue weighted by Gasteiger charge is 2.16. The molecule has 0 fully saturated rings. The summed E-state index contributed by atoms with van der Waals surface area (Å²) >= 11 is 1.02. The summed E-state index contributed by atoms with van der Waals surface area (Å²) in [5, 5.41) is 12.3. The number of hydrogen-bond acceptors (Lipinski definition) is 6. The van der Waals surface area contributed by atoms with Gasteiger partial charge in [-0.15, -0.1) is 0 Å². The van der Waals surface area contributed by atoms with Crippen molar-refractivity contribution >= 4 is 22.6 Å². The minimum Gasteiger partial charge on any atom is -0.502 e. The zero-order valence-electron chi connectivity index (χ0n) is 12.5. The van der Waals surface area contributed by atoms with Crippen molar-refractivity contribution in [1.82, 2.24) is 9.36 Å². The highest BCUT2D eigenvalue weighted by Crippen LogP contribution is 2.30. The fourth-order valence-corrected chi connectivity index (χ4v) is 2.59. The monoisotopic (exact) mass is 345 g/mol. The van der Waals surface area contributed by atoms with Gasteiger partial charge in [0.2, 0.25) is 5.13 Å². The molecule has 0 radical (unpaired) electrons. The number of carbonyl (C=O) groups is 1. The number of amides is 1. The number of phenols is 1. The van der Waals surface area contributed by atoms with Gasteiger partial charge in [0.1, 0.15) is 0 Å². The first-order chi connectivity index (χ1) is 11.6. The van der Waals surface area contributed by atoms with Crippen LogP contribution >= 0.6 is 11.5 Å². The number of nitrogens with one attached hydrogen (secondary N) is 1. The van der Waals surface area contributed by atoms with E-state index in [-0.39, 0.29) is 16.4 Å². The Morgan fingerprint density at radius 2 is 2.04 bits per heavy atom. The first-order valence-corrected chi connectivity index (χ1v) is 7.63. The van der Waals surface area contributed by atoms with E-state index < -0.39 is 17.5 Å². The third-order valence-electron chi connectivity index (χ3n) is 3.19. The molecule has 8 heteroatoms. The molecule has 3 rings (SSSR count). The number of methoxy groups -OCH3 is 1. The van der Waals surface area contributed by atoms with Crippen LogP contribution in [0.5, 0.6) is 11.5 Å². The van der Waals surface area contributed by atoms with Crippen LogP contribution in [-0.2, 0) is 0 Å². The normalized spacial score (nSPS) is 10.4. The number of carbonyl (C=O) groups excluding carboxylic acids is 1. The van der Waals surface area contributed by atoms with Gasteiger partial charge in [-0.1, -0.05) is 30.3 Å². The first kappa shape index (κ1) is 15.9. The minimum absolute atomic E-state index is 0.00129. The number of phenolic OH excluding ortho intramolecular Hbond substituents is 1. The van der Waals surface area contributed by atoms with Gasteiger partial charge in [-0.25, -0.2) is 4.39 Å². The summed E-state index contributed by atoms with van der Waals surface area (Å²) in [7, 11) is 1.27. The molecule has 0 aliphatic carbocycles. The van der Waals surface area contributed by atoms with E-state index in [1.807, 2.05) is 30.3 Å². The molecule has 2 aromatic carbocycles. The van der Waals surface area contributed by atoms with E-state index >= 15 is 0 Å². The van der Waals surface area contributed by atoms with Crippen LogP contribution in [-0.4, -0.2) is 27.5 Å². The van der Waals surface area contributed by atoms with Gasteiger partial charge in [-0.2, -0.15) is 9.36 Å². The maximum atomic E-state index is 13.6. The number of aromatic nitrogens is 2. The lowest BCUT2D eigenvalue weighted by Crippen LogP contribution is -2.12. The van der Waals surface area contributed by atoms with E-state index in [1.54, 1.807) is 0 Å². The molecule has 1 heterocycles. The van der Waals surface area contributed by atoms with Gasteiger partial charge in [0.25, 0.3) is 5.91 Å². The average Bonchev–Trinajstić information content (AvgIpc) is 3.06. The molecule has 2 N–H and O–H groups in total. The van der Waals surface area contributed by atoms with Crippen LogP contribution in [0, 0.1) is 5.82 Å². The lowest BCUT2D eigenvalue weighted by Gasteiger charge is -2.07. The molecule has 122 valence electrons. The summed E-state index contributed by atoms with van der Waals surface area (Å²) in [6, 6.07) is 11.5. The van der Waals surface area contributed by atoms with Crippen molar-refractivity contribution in [3.8, 4) is 22.9 Å². The predicted octanol–water partition coefficient (Wildman–Crippen LogP) is 3.31. The Kier molecular flexibility index (Phi) is 4.39. The molecule has 0 atom stereocenters. The van der Waals surface area contributed by atoms with Crippen molar-refractivity contribution in [2.75, 3.05) is 12.4 Å². The Morgan fingerprint density at radius 3 is 2.75 bits per heavy atom. The zero-order chi connectivity index (χ0) is 17.1. The van der Waals surface area contributed by atoms with Crippen LogP contribution < -0.4 is 10.1 Å². The van der Waals surface area contributed by atoms with Crippen LogP contribution in [0.15, 0.2) is 42.5 Å². The maximum Gasteiger partial charge on any atom is 0.257 e. The summed E-state index contributed by atoms with van der Waals surface area (Å²) in [5.41, 5.74) is 0.824. The number of anilines is 1. The summed E-state index contributed by atoms with van der Waals surface area (Å²) in [4.78, 5) is 16.4. The van der Waals surface area contributed by atoms with Crippen molar-refractivity contribution in [1.29, 1.82) is 0 Å². The maximum absolute atomic E-state index is 13.6. The number of halogens is 1. The molecule has 0 aliphatic rings. The van der Waals surface area contributed by atoms with Crippen molar-refractivity contribution in [2.24, 2.45) is 0 Å². The third-order valence-corrected chi connectivity index (χ3v) is 3.82. The standard InChI is InChI=1S/C16H12FN3O3S/c1-23-12-8-10(7-11(17)13(12)21)15(22)19-16-18-14(20-24-16)9-5-3-2-4-6-9/h2-8,21H,1H3,(H,18,19,20,22). The molecular weight excluding hydrogens is 333 g/mol. The molecule has 0 aliphatic heterocycles. The fraction of sp³-hybridized carbons (Fsp3) is 0.0625. The highest BCUT2D eigenvalue weighted by molar-refractivity contribution is 7.10. The van der Waals surface area contributed by atoms with Gasteiger partial charge in [0, 0.05) is 22.7 Å². The molecular formula is C16H12FN3O3S. The molecule has 1 aromatic heterocycles. The molecule has 24 heavy (non-hydrogen) atoms. The second kappa shape index (κ2) is 6.63. The predicted molar refractivity (Wildman–Crippen MR) is 87.9 cm³/mol. The first-order valence-electron chi connectivity index (χ1n) is 6.85.